The molecule has 0 spiro atoms. The van der Waals surface area contributed by atoms with Gasteiger partial charge in [-0.2, -0.15) is 0 Å². The molecule has 0 aliphatic rings. The molecule has 1 aromatic carbocycles. The number of carboxylic acid groups (broad SMARTS) is 2. The molecule has 0 fully saturated rings. The molecule has 0 radical (unpaired) electrons. The van der Waals surface area contributed by atoms with Crippen molar-refractivity contribution in [2.75, 3.05) is 33.4 Å². The number of halogens is 1. The van der Waals surface area contributed by atoms with Gasteiger partial charge in [-0.25, -0.2) is 9.59 Å². The number of aliphatic carboxylic acids is 2. The number of carbonyl (C=O) groups is 2. The van der Waals surface area contributed by atoms with Gasteiger partial charge in [-0.1, -0.05) is 11.6 Å². The largest absolute Gasteiger partial charge is 0.492 e. The van der Waals surface area contributed by atoms with Gasteiger partial charge >= 0.3 is 11.9 Å². The lowest BCUT2D eigenvalue weighted by molar-refractivity contribution is -0.159. The third kappa shape index (κ3) is 9.72. The second kappa shape index (κ2) is 11.7. The molecule has 0 unspecified atom stereocenters. The average Bonchev–Trinajstić information content (AvgIpc) is 2.45. The maximum Gasteiger partial charge on any atom is 0.414 e. The lowest BCUT2D eigenvalue weighted by Crippen LogP contribution is -2.24. The van der Waals surface area contributed by atoms with Gasteiger partial charge in [0.25, 0.3) is 0 Å². The molecule has 0 saturated heterocycles. The van der Waals surface area contributed by atoms with Gasteiger partial charge in [0.05, 0.1) is 6.61 Å². The summed E-state index contributed by atoms with van der Waals surface area (Å²) >= 11 is 5.96. The molecule has 3 N–H and O–H groups in total. The SMILES string of the molecule is COCCNCCOc1c(C)cc(Cl)cc1C.O=C(O)C(=O)O. The fourth-order valence-electron chi connectivity index (χ4n) is 1.65. The summed E-state index contributed by atoms with van der Waals surface area (Å²) < 4.78 is 10.7. The van der Waals surface area contributed by atoms with Crippen LogP contribution in [0.25, 0.3) is 0 Å². The van der Waals surface area contributed by atoms with Crippen LogP contribution in [-0.2, 0) is 14.3 Å². The summed E-state index contributed by atoms with van der Waals surface area (Å²) in [4.78, 5) is 18.2. The summed E-state index contributed by atoms with van der Waals surface area (Å²) in [6.07, 6.45) is 0. The summed E-state index contributed by atoms with van der Waals surface area (Å²) in [6.45, 7) is 7.04. The van der Waals surface area contributed by atoms with Crippen LogP contribution in [0, 0.1) is 13.8 Å². The molecule has 0 heterocycles. The van der Waals surface area contributed by atoms with Crippen LogP contribution in [-0.4, -0.2) is 55.6 Å². The third-order valence-electron chi connectivity index (χ3n) is 2.62. The fraction of sp³-hybridized carbons (Fsp3) is 0.467. The Labute approximate surface area is 140 Å². The quantitative estimate of drug-likeness (QED) is 0.509. The molecule has 0 atom stereocenters. The number of nitrogens with one attached hydrogen (secondary N) is 1. The molecular weight excluding hydrogens is 326 g/mol. The molecule has 0 saturated carbocycles. The van der Waals surface area contributed by atoms with E-state index in [-0.39, 0.29) is 0 Å². The van der Waals surface area contributed by atoms with Crippen molar-refractivity contribution >= 4 is 23.5 Å². The Balaban J connectivity index is 0.000000688. The molecule has 130 valence electrons. The lowest BCUT2D eigenvalue weighted by atomic mass is 10.1. The Morgan fingerprint density at radius 3 is 2.00 bits per heavy atom. The van der Waals surface area contributed by atoms with Gasteiger partial charge in [-0.15, -0.1) is 0 Å². The monoisotopic (exact) mass is 347 g/mol. The van der Waals surface area contributed by atoms with Crippen molar-refractivity contribution in [3.05, 3.63) is 28.3 Å². The van der Waals surface area contributed by atoms with E-state index in [1.54, 1.807) is 7.11 Å². The minimum absolute atomic E-state index is 0.646. The van der Waals surface area contributed by atoms with E-state index in [1.165, 1.54) is 0 Å². The predicted octanol–water partition coefficient (Wildman–Crippen LogP) is 1.73. The second-order valence-electron chi connectivity index (χ2n) is 4.57. The summed E-state index contributed by atoms with van der Waals surface area (Å²) in [5.41, 5.74) is 2.15. The second-order valence-corrected chi connectivity index (χ2v) is 5.01. The maximum atomic E-state index is 9.10. The molecule has 1 rings (SSSR count). The standard InChI is InChI=1S/C13H20ClNO2.C2H2O4/c1-10-8-12(14)9-11(2)13(10)17-7-5-15-4-6-16-3;3-1(4)2(5)6/h8-9,15H,4-7H2,1-3H3;(H,3,4)(H,5,6). The minimum Gasteiger partial charge on any atom is -0.492 e. The molecule has 0 amide bonds. The van der Waals surface area contributed by atoms with Crippen molar-refractivity contribution in [3.63, 3.8) is 0 Å². The highest BCUT2D eigenvalue weighted by Crippen LogP contribution is 2.26. The van der Waals surface area contributed by atoms with Crippen LogP contribution in [0.1, 0.15) is 11.1 Å². The first kappa shape index (κ1) is 21.2. The van der Waals surface area contributed by atoms with Crippen LogP contribution in [0.2, 0.25) is 5.02 Å². The molecular formula is C15H22ClNO6. The summed E-state index contributed by atoms with van der Waals surface area (Å²) in [5, 5.41) is 18.8. The molecule has 8 heteroatoms. The number of benzene rings is 1. The van der Waals surface area contributed by atoms with Crippen molar-refractivity contribution in [2.24, 2.45) is 0 Å². The predicted molar refractivity (Wildman–Crippen MR) is 86.4 cm³/mol. The van der Waals surface area contributed by atoms with E-state index in [1.807, 2.05) is 26.0 Å². The number of aryl methyl sites for hydroxylation is 2. The van der Waals surface area contributed by atoms with Gasteiger partial charge in [-0.3, -0.25) is 0 Å². The number of ether oxygens (including phenoxy) is 2. The average molecular weight is 348 g/mol. The fourth-order valence-corrected chi connectivity index (χ4v) is 1.98. The van der Waals surface area contributed by atoms with E-state index in [0.29, 0.717) is 6.61 Å². The van der Waals surface area contributed by atoms with Crippen LogP contribution in [0.15, 0.2) is 12.1 Å². The Bertz CT molecular complexity index is 486. The number of methoxy groups -OCH3 is 1. The first-order valence-electron chi connectivity index (χ1n) is 6.85. The van der Waals surface area contributed by atoms with Crippen LogP contribution < -0.4 is 10.1 Å². The van der Waals surface area contributed by atoms with Crippen LogP contribution in [0.5, 0.6) is 5.75 Å². The highest BCUT2D eigenvalue weighted by molar-refractivity contribution is 6.30. The van der Waals surface area contributed by atoms with Crippen molar-refractivity contribution in [1.82, 2.24) is 5.32 Å². The minimum atomic E-state index is -1.82. The number of hydrogen-bond donors (Lipinski definition) is 3. The van der Waals surface area contributed by atoms with Gasteiger partial charge in [0.1, 0.15) is 12.4 Å². The van der Waals surface area contributed by atoms with E-state index < -0.39 is 11.9 Å². The van der Waals surface area contributed by atoms with Crippen LogP contribution in [0.4, 0.5) is 0 Å². The highest BCUT2D eigenvalue weighted by Gasteiger charge is 2.05. The zero-order chi connectivity index (χ0) is 17.8. The molecule has 23 heavy (non-hydrogen) atoms. The smallest absolute Gasteiger partial charge is 0.414 e. The Morgan fingerprint density at radius 2 is 1.57 bits per heavy atom. The number of carboxylic acids is 2. The van der Waals surface area contributed by atoms with E-state index in [0.717, 1.165) is 41.6 Å². The lowest BCUT2D eigenvalue weighted by Gasteiger charge is -2.13. The zero-order valence-electron chi connectivity index (χ0n) is 13.4. The first-order valence-corrected chi connectivity index (χ1v) is 7.22. The van der Waals surface area contributed by atoms with Crippen molar-refractivity contribution in [2.45, 2.75) is 13.8 Å². The van der Waals surface area contributed by atoms with E-state index in [4.69, 9.17) is 40.9 Å². The Hall–Kier alpha value is -1.83. The summed E-state index contributed by atoms with van der Waals surface area (Å²) in [6, 6.07) is 3.84. The molecule has 0 aromatic heterocycles. The molecule has 7 nitrogen and oxygen atoms in total. The summed E-state index contributed by atoms with van der Waals surface area (Å²) in [7, 11) is 1.69. The molecule has 0 aliphatic carbocycles. The van der Waals surface area contributed by atoms with Crippen molar-refractivity contribution < 1.29 is 29.3 Å². The van der Waals surface area contributed by atoms with Gasteiger partial charge in [0.15, 0.2) is 0 Å². The third-order valence-corrected chi connectivity index (χ3v) is 2.83. The molecule has 1 aromatic rings. The van der Waals surface area contributed by atoms with Crippen LogP contribution in [0.3, 0.4) is 0 Å². The number of rotatable bonds is 7. The van der Waals surface area contributed by atoms with E-state index >= 15 is 0 Å². The van der Waals surface area contributed by atoms with Gasteiger partial charge < -0.3 is 25.0 Å². The zero-order valence-corrected chi connectivity index (χ0v) is 14.1. The highest BCUT2D eigenvalue weighted by atomic mass is 35.5. The maximum absolute atomic E-state index is 9.10. The normalized spacial score (nSPS) is 9.74. The summed E-state index contributed by atoms with van der Waals surface area (Å²) in [5.74, 6) is -2.71. The topological polar surface area (TPSA) is 105 Å². The van der Waals surface area contributed by atoms with Gasteiger partial charge in [-0.05, 0) is 37.1 Å². The van der Waals surface area contributed by atoms with Crippen molar-refractivity contribution in [3.8, 4) is 5.75 Å². The Kier molecular flexibility index (Phi) is 10.8. The van der Waals surface area contributed by atoms with Crippen molar-refractivity contribution in [1.29, 1.82) is 0 Å². The van der Waals surface area contributed by atoms with E-state index in [9.17, 15) is 0 Å². The molecule has 0 bridgehead atoms. The van der Waals surface area contributed by atoms with E-state index in [2.05, 4.69) is 5.32 Å². The molecule has 0 aliphatic heterocycles. The first-order chi connectivity index (χ1) is 10.8. The van der Waals surface area contributed by atoms with Gasteiger partial charge in [0, 0.05) is 25.2 Å². The Morgan fingerprint density at radius 1 is 1.09 bits per heavy atom. The van der Waals surface area contributed by atoms with Crippen LogP contribution >= 0.6 is 11.6 Å². The number of hydrogen-bond acceptors (Lipinski definition) is 5. The van der Waals surface area contributed by atoms with Gasteiger partial charge in [0.2, 0.25) is 0 Å².